The molecule has 4 rings (SSSR count). The summed E-state index contributed by atoms with van der Waals surface area (Å²) in [5.74, 6) is -1.48. The second-order valence-corrected chi connectivity index (χ2v) is 9.38. The van der Waals surface area contributed by atoms with Crippen molar-refractivity contribution in [3.63, 3.8) is 0 Å². The first kappa shape index (κ1) is 22.8. The maximum absolute atomic E-state index is 12.9. The molecule has 174 valence electrons. The molecule has 2 aliphatic rings. The fourth-order valence-electron chi connectivity index (χ4n) is 4.73. The smallest absolute Gasteiger partial charge is 0.407 e. The van der Waals surface area contributed by atoms with Crippen LogP contribution in [0.4, 0.5) is 4.79 Å². The second kappa shape index (κ2) is 9.25. The van der Waals surface area contributed by atoms with Crippen molar-refractivity contribution in [2.75, 3.05) is 6.61 Å². The van der Waals surface area contributed by atoms with Gasteiger partial charge in [-0.15, -0.1) is 0 Å². The minimum absolute atomic E-state index is 0.0780. The van der Waals surface area contributed by atoms with Crippen molar-refractivity contribution in [3.05, 3.63) is 59.7 Å². The lowest BCUT2D eigenvalue weighted by Crippen LogP contribution is -2.62. The Balaban J connectivity index is 1.42. The van der Waals surface area contributed by atoms with E-state index in [1.807, 2.05) is 50.2 Å². The van der Waals surface area contributed by atoms with Crippen LogP contribution in [-0.2, 0) is 14.3 Å². The van der Waals surface area contributed by atoms with E-state index in [1.54, 1.807) is 0 Å². The van der Waals surface area contributed by atoms with Crippen LogP contribution in [0.15, 0.2) is 48.5 Å². The quantitative estimate of drug-likeness (QED) is 0.563. The van der Waals surface area contributed by atoms with Crippen LogP contribution in [0.1, 0.15) is 56.6 Å². The zero-order chi connectivity index (χ0) is 23.6. The number of amides is 2. The summed E-state index contributed by atoms with van der Waals surface area (Å²) >= 11 is 0. The number of carboxylic acids is 1. The SMILES string of the molecule is CC(C)CC(NC(=O)OCC1c2ccccc2-c2ccccc21)C(=O)NC1(C(=O)O)CCC1. The van der Waals surface area contributed by atoms with Crippen LogP contribution in [0.5, 0.6) is 0 Å². The van der Waals surface area contributed by atoms with Crippen LogP contribution >= 0.6 is 0 Å². The summed E-state index contributed by atoms with van der Waals surface area (Å²) in [4.78, 5) is 37.2. The molecule has 2 amide bonds. The Morgan fingerprint density at radius 1 is 1.03 bits per heavy atom. The zero-order valence-corrected chi connectivity index (χ0v) is 19.0. The Morgan fingerprint density at radius 3 is 2.09 bits per heavy atom. The predicted molar refractivity (Wildman–Crippen MR) is 124 cm³/mol. The van der Waals surface area contributed by atoms with Gasteiger partial charge in [0, 0.05) is 5.92 Å². The molecule has 7 heteroatoms. The van der Waals surface area contributed by atoms with Gasteiger partial charge in [-0.2, -0.15) is 0 Å². The molecular weight excluding hydrogens is 420 g/mol. The molecule has 2 aromatic rings. The maximum atomic E-state index is 12.9. The summed E-state index contributed by atoms with van der Waals surface area (Å²) in [5.41, 5.74) is 3.26. The van der Waals surface area contributed by atoms with E-state index in [2.05, 4.69) is 22.8 Å². The Bertz CT molecular complexity index is 1010. The van der Waals surface area contributed by atoms with Crippen LogP contribution in [0.25, 0.3) is 11.1 Å². The van der Waals surface area contributed by atoms with Gasteiger partial charge < -0.3 is 20.5 Å². The molecule has 0 heterocycles. The van der Waals surface area contributed by atoms with E-state index < -0.39 is 29.6 Å². The summed E-state index contributed by atoms with van der Waals surface area (Å²) in [6.07, 6.45) is 1.24. The van der Waals surface area contributed by atoms with Gasteiger partial charge >= 0.3 is 12.1 Å². The number of rotatable bonds is 8. The van der Waals surface area contributed by atoms with Gasteiger partial charge in [0.25, 0.3) is 0 Å². The molecule has 1 unspecified atom stereocenters. The Labute approximate surface area is 193 Å². The Morgan fingerprint density at radius 2 is 1.61 bits per heavy atom. The largest absolute Gasteiger partial charge is 0.480 e. The first-order valence-electron chi connectivity index (χ1n) is 11.5. The highest BCUT2D eigenvalue weighted by molar-refractivity contribution is 5.92. The van der Waals surface area contributed by atoms with Crippen molar-refractivity contribution in [2.45, 2.75) is 57.0 Å². The summed E-state index contributed by atoms with van der Waals surface area (Å²) < 4.78 is 5.57. The molecule has 33 heavy (non-hydrogen) atoms. The van der Waals surface area contributed by atoms with Gasteiger partial charge in [-0.3, -0.25) is 4.79 Å². The first-order valence-corrected chi connectivity index (χ1v) is 11.5. The average molecular weight is 451 g/mol. The van der Waals surface area contributed by atoms with Crippen molar-refractivity contribution in [2.24, 2.45) is 5.92 Å². The Kier molecular flexibility index (Phi) is 6.40. The van der Waals surface area contributed by atoms with Crippen molar-refractivity contribution in [1.82, 2.24) is 10.6 Å². The molecule has 0 aromatic heterocycles. The number of carbonyl (C=O) groups is 3. The van der Waals surface area contributed by atoms with E-state index in [-0.39, 0.29) is 18.4 Å². The summed E-state index contributed by atoms with van der Waals surface area (Å²) in [6, 6.07) is 15.3. The van der Waals surface area contributed by atoms with Crippen LogP contribution in [0, 0.1) is 5.92 Å². The molecule has 1 saturated carbocycles. The number of fused-ring (bicyclic) bond motifs is 3. The molecule has 1 atom stereocenters. The highest BCUT2D eigenvalue weighted by Gasteiger charge is 2.46. The number of hydrogen-bond acceptors (Lipinski definition) is 4. The summed E-state index contributed by atoms with van der Waals surface area (Å²) in [7, 11) is 0. The standard InChI is InChI=1S/C26H30N2O5/c1-16(2)14-22(23(29)28-26(24(30)31)12-7-13-26)27-25(32)33-15-21-19-10-5-3-8-17(19)18-9-4-6-11-20(18)21/h3-6,8-11,16,21-22H,7,12-15H2,1-2H3,(H,27,32)(H,28,29)(H,30,31). The van der Waals surface area contributed by atoms with Gasteiger partial charge in [-0.25, -0.2) is 9.59 Å². The van der Waals surface area contributed by atoms with E-state index in [4.69, 9.17) is 4.74 Å². The number of aliphatic carboxylic acids is 1. The first-order chi connectivity index (χ1) is 15.8. The van der Waals surface area contributed by atoms with E-state index >= 15 is 0 Å². The van der Waals surface area contributed by atoms with Gasteiger partial charge in [-0.1, -0.05) is 62.4 Å². The highest BCUT2D eigenvalue weighted by atomic mass is 16.5. The molecule has 0 spiro atoms. The van der Waals surface area contributed by atoms with Gasteiger partial charge in [0.15, 0.2) is 0 Å². The number of nitrogens with one attached hydrogen (secondary N) is 2. The van der Waals surface area contributed by atoms with E-state index in [0.717, 1.165) is 28.7 Å². The van der Waals surface area contributed by atoms with E-state index in [1.165, 1.54) is 0 Å². The van der Waals surface area contributed by atoms with Crippen LogP contribution in [0.2, 0.25) is 0 Å². The normalized spacial score (nSPS) is 16.8. The molecule has 2 aliphatic carbocycles. The Hall–Kier alpha value is -3.35. The number of alkyl carbamates (subject to hydrolysis) is 1. The summed E-state index contributed by atoms with van der Waals surface area (Å²) in [5, 5.41) is 14.8. The molecule has 0 aliphatic heterocycles. The van der Waals surface area contributed by atoms with Gasteiger partial charge in [-0.05, 0) is 53.9 Å². The molecule has 0 bridgehead atoms. The topological polar surface area (TPSA) is 105 Å². The number of hydrogen-bond donors (Lipinski definition) is 3. The number of benzene rings is 2. The van der Waals surface area contributed by atoms with Crippen molar-refractivity contribution < 1.29 is 24.2 Å². The van der Waals surface area contributed by atoms with Crippen LogP contribution in [0.3, 0.4) is 0 Å². The van der Waals surface area contributed by atoms with Gasteiger partial charge in [0.1, 0.15) is 18.2 Å². The molecule has 0 saturated heterocycles. The third-order valence-corrected chi connectivity index (χ3v) is 6.64. The zero-order valence-electron chi connectivity index (χ0n) is 19.0. The number of carboxylic acid groups (broad SMARTS) is 1. The molecule has 2 aromatic carbocycles. The number of ether oxygens (including phenoxy) is 1. The minimum Gasteiger partial charge on any atom is -0.480 e. The van der Waals surface area contributed by atoms with Crippen molar-refractivity contribution in [3.8, 4) is 11.1 Å². The highest BCUT2D eigenvalue weighted by Crippen LogP contribution is 2.44. The lowest BCUT2D eigenvalue weighted by molar-refractivity contribution is -0.152. The monoisotopic (exact) mass is 450 g/mol. The van der Waals surface area contributed by atoms with E-state index in [9.17, 15) is 19.5 Å². The molecule has 3 N–H and O–H groups in total. The lowest BCUT2D eigenvalue weighted by Gasteiger charge is -2.39. The van der Waals surface area contributed by atoms with E-state index in [0.29, 0.717) is 19.3 Å². The van der Waals surface area contributed by atoms with Crippen molar-refractivity contribution >= 4 is 18.0 Å². The molecule has 0 radical (unpaired) electrons. The fraction of sp³-hybridized carbons (Fsp3) is 0.423. The van der Waals surface area contributed by atoms with Gasteiger partial charge in [0.05, 0.1) is 0 Å². The minimum atomic E-state index is -1.23. The summed E-state index contributed by atoms with van der Waals surface area (Å²) in [6.45, 7) is 4.03. The molecule has 1 fully saturated rings. The predicted octanol–water partition coefficient (Wildman–Crippen LogP) is 4.06. The maximum Gasteiger partial charge on any atom is 0.407 e. The van der Waals surface area contributed by atoms with Crippen molar-refractivity contribution in [1.29, 1.82) is 0 Å². The molecular formula is C26H30N2O5. The second-order valence-electron chi connectivity index (χ2n) is 9.38. The average Bonchev–Trinajstić information content (AvgIpc) is 3.07. The number of carbonyl (C=O) groups excluding carboxylic acids is 2. The lowest BCUT2D eigenvalue weighted by atomic mass is 9.76. The third kappa shape index (κ3) is 4.58. The fourth-order valence-corrected chi connectivity index (χ4v) is 4.73. The molecule has 7 nitrogen and oxygen atoms in total. The third-order valence-electron chi connectivity index (χ3n) is 6.64. The van der Waals surface area contributed by atoms with Crippen LogP contribution in [-0.4, -0.2) is 41.3 Å². The van der Waals surface area contributed by atoms with Crippen LogP contribution < -0.4 is 10.6 Å². The van der Waals surface area contributed by atoms with Gasteiger partial charge in [0.2, 0.25) is 5.91 Å².